The van der Waals surface area contributed by atoms with Gasteiger partial charge in [-0.3, -0.25) is 0 Å². The van der Waals surface area contributed by atoms with Gasteiger partial charge in [-0.05, 0) is 65.2 Å². The largest absolute Gasteiger partial charge is 0.352 e. The Kier molecular flexibility index (Phi) is 6.09. The van der Waals surface area contributed by atoms with E-state index >= 15 is 0 Å². The standard InChI is InChI=1S/C18H26BrN5O/c1-17(2)9-8-15(11-18(3,4)24(17)25)23-16(21-12-20)22-14-7-5-6-13(19)10-14/h5-7,10,15,25H,8-9,11H2,1-4H3,(H2,21,22,23). The molecule has 0 spiro atoms. The molecule has 1 heterocycles. The SMILES string of the molecule is CC1(C)CCC(NC(=NC#N)Nc2cccc(Br)c2)CC(C)(C)N1O. The molecule has 1 saturated heterocycles. The van der Waals surface area contributed by atoms with Crippen LogP contribution in [0.15, 0.2) is 33.7 Å². The molecule has 0 aliphatic carbocycles. The van der Waals surface area contributed by atoms with Gasteiger partial charge in [-0.2, -0.15) is 10.3 Å². The fraction of sp³-hybridized carbons (Fsp3) is 0.556. The van der Waals surface area contributed by atoms with E-state index in [1.807, 2.05) is 58.2 Å². The Labute approximate surface area is 158 Å². The Hall–Kier alpha value is -1.62. The quantitative estimate of drug-likeness (QED) is 0.390. The number of anilines is 1. The van der Waals surface area contributed by atoms with Crippen LogP contribution in [0.4, 0.5) is 5.69 Å². The Morgan fingerprint density at radius 3 is 2.72 bits per heavy atom. The minimum Gasteiger partial charge on any atom is -0.352 e. The third kappa shape index (κ3) is 5.18. The molecule has 1 aliphatic heterocycles. The van der Waals surface area contributed by atoms with Crippen molar-refractivity contribution in [3.8, 4) is 6.19 Å². The van der Waals surface area contributed by atoms with Gasteiger partial charge in [0.25, 0.3) is 0 Å². The van der Waals surface area contributed by atoms with Crippen molar-refractivity contribution in [3.05, 3.63) is 28.7 Å². The lowest BCUT2D eigenvalue weighted by Gasteiger charge is -2.42. The number of hydroxylamine groups is 2. The van der Waals surface area contributed by atoms with Gasteiger partial charge >= 0.3 is 0 Å². The second-order valence-corrected chi connectivity index (χ2v) is 8.63. The van der Waals surface area contributed by atoms with Crippen molar-refractivity contribution in [2.24, 2.45) is 4.99 Å². The number of aliphatic imine (C=N–C) groups is 1. The summed E-state index contributed by atoms with van der Waals surface area (Å²) in [5, 5.41) is 27.5. The summed E-state index contributed by atoms with van der Waals surface area (Å²) in [7, 11) is 0. The first-order chi connectivity index (χ1) is 11.6. The zero-order valence-electron chi connectivity index (χ0n) is 15.2. The van der Waals surface area contributed by atoms with Gasteiger partial charge in [-0.15, -0.1) is 4.99 Å². The first kappa shape index (κ1) is 19.7. The molecule has 1 atom stereocenters. The highest BCUT2D eigenvalue weighted by atomic mass is 79.9. The number of nitriles is 1. The topological polar surface area (TPSA) is 83.7 Å². The van der Waals surface area contributed by atoms with Crippen LogP contribution in [0.3, 0.4) is 0 Å². The molecular weight excluding hydrogens is 382 g/mol. The molecular formula is C18H26BrN5O. The van der Waals surface area contributed by atoms with Crippen LogP contribution in [0, 0.1) is 11.5 Å². The Morgan fingerprint density at radius 1 is 1.36 bits per heavy atom. The minimum atomic E-state index is -0.384. The van der Waals surface area contributed by atoms with Gasteiger partial charge in [0.2, 0.25) is 12.2 Å². The average Bonchev–Trinajstić information content (AvgIpc) is 2.58. The van der Waals surface area contributed by atoms with Crippen LogP contribution in [-0.4, -0.2) is 33.3 Å². The van der Waals surface area contributed by atoms with E-state index in [2.05, 4.69) is 31.6 Å². The van der Waals surface area contributed by atoms with E-state index in [0.717, 1.165) is 29.4 Å². The van der Waals surface area contributed by atoms with Gasteiger partial charge in [0.15, 0.2) is 0 Å². The zero-order chi connectivity index (χ0) is 18.7. The van der Waals surface area contributed by atoms with Crippen molar-refractivity contribution in [1.82, 2.24) is 10.4 Å². The number of hydrogen-bond donors (Lipinski definition) is 3. The van der Waals surface area contributed by atoms with E-state index in [1.54, 1.807) is 0 Å². The summed E-state index contributed by atoms with van der Waals surface area (Å²) in [6.45, 7) is 8.14. The van der Waals surface area contributed by atoms with Gasteiger partial charge in [-0.1, -0.05) is 22.0 Å². The molecule has 0 radical (unpaired) electrons. The minimum absolute atomic E-state index is 0.0955. The van der Waals surface area contributed by atoms with Crippen molar-refractivity contribution in [3.63, 3.8) is 0 Å². The smallest absolute Gasteiger partial charge is 0.211 e. The number of rotatable bonds is 2. The Balaban J connectivity index is 2.14. The van der Waals surface area contributed by atoms with Crippen molar-refractivity contribution >= 4 is 27.6 Å². The molecule has 2 rings (SSSR count). The second kappa shape index (κ2) is 7.73. The van der Waals surface area contributed by atoms with Crippen molar-refractivity contribution in [1.29, 1.82) is 5.26 Å². The van der Waals surface area contributed by atoms with Crippen LogP contribution >= 0.6 is 15.9 Å². The predicted molar refractivity (Wildman–Crippen MR) is 103 cm³/mol. The molecule has 0 aromatic heterocycles. The normalized spacial score (nSPS) is 23.4. The zero-order valence-corrected chi connectivity index (χ0v) is 16.8. The number of halogens is 1. The third-order valence-corrected chi connectivity index (χ3v) is 5.08. The maximum atomic E-state index is 10.6. The molecule has 136 valence electrons. The van der Waals surface area contributed by atoms with Crippen molar-refractivity contribution < 1.29 is 5.21 Å². The van der Waals surface area contributed by atoms with Crippen molar-refractivity contribution in [2.45, 2.75) is 64.1 Å². The van der Waals surface area contributed by atoms with E-state index in [4.69, 9.17) is 5.26 Å². The highest BCUT2D eigenvalue weighted by Crippen LogP contribution is 2.35. The monoisotopic (exact) mass is 407 g/mol. The second-order valence-electron chi connectivity index (χ2n) is 7.72. The van der Waals surface area contributed by atoms with Gasteiger partial charge in [0.1, 0.15) is 0 Å². The molecule has 1 fully saturated rings. The van der Waals surface area contributed by atoms with Crippen LogP contribution < -0.4 is 10.6 Å². The summed E-state index contributed by atoms with van der Waals surface area (Å²) in [4.78, 5) is 3.89. The summed E-state index contributed by atoms with van der Waals surface area (Å²) in [5.74, 6) is 0.422. The molecule has 0 saturated carbocycles. The highest BCUT2D eigenvalue weighted by molar-refractivity contribution is 9.10. The number of guanidine groups is 1. The number of nitrogens with one attached hydrogen (secondary N) is 2. The lowest BCUT2D eigenvalue weighted by atomic mass is 9.94. The molecule has 0 bridgehead atoms. The van der Waals surface area contributed by atoms with Gasteiger partial charge in [0.05, 0.1) is 0 Å². The molecule has 1 aromatic rings. The molecule has 0 amide bonds. The van der Waals surface area contributed by atoms with E-state index in [-0.39, 0.29) is 17.1 Å². The number of nitrogens with zero attached hydrogens (tertiary/aromatic N) is 3. The fourth-order valence-corrected chi connectivity index (χ4v) is 3.81. The molecule has 1 aromatic carbocycles. The summed E-state index contributed by atoms with van der Waals surface area (Å²) >= 11 is 3.44. The molecule has 1 unspecified atom stereocenters. The fourth-order valence-electron chi connectivity index (χ4n) is 3.41. The maximum absolute atomic E-state index is 10.6. The van der Waals surface area contributed by atoms with Gasteiger partial charge in [-0.25, -0.2) is 0 Å². The number of benzene rings is 1. The first-order valence-electron chi connectivity index (χ1n) is 8.39. The molecule has 25 heavy (non-hydrogen) atoms. The summed E-state index contributed by atoms with van der Waals surface area (Å²) in [6, 6.07) is 7.78. The molecule has 6 nitrogen and oxygen atoms in total. The highest BCUT2D eigenvalue weighted by Gasteiger charge is 2.42. The number of hydrogen-bond acceptors (Lipinski definition) is 4. The van der Waals surface area contributed by atoms with Gasteiger partial charge < -0.3 is 15.8 Å². The summed E-state index contributed by atoms with van der Waals surface area (Å²) < 4.78 is 0.946. The van der Waals surface area contributed by atoms with Crippen molar-refractivity contribution in [2.75, 3.05) is 5.32 Å². The summed E-state index contributed by atoms with van der Waals surface area (Å²) in [5.41, 5.74) is 0.155. The van der Waals surface area contributed by atoms with Crippen LogP contribution in [0.2, 0.25) is 0 Å². The predicted octanol–water partition coefficient (Wildman–Crippen LogP) is 4.09. The molecule has 1 aliphatic rings. The van der Waals surface area contributed by atoms with Crippen LogP contribution in [0.1, 0.15) is 47.0 Å². The van der Waals surface area contributed by atoms with E-state index in [1.165, 1.54) is 5.06 Å². The van der Waals surface area contributed by atoms with Gasteiger partial charge in [0, 0.05) is 27.3 Å². The van der Waals surface area contributed by atoms with Crippen LogP contribution in [0.5, 0.6) is 0 Å². The van der Waals surface area contributed by atoms with Crippen LogP contribution in [0.25, 0.3) is 0 Å². The Bertz CT molecular complexity index is 680. The first-order valence-corrected chi connectivity index (χ1v) is 9.18. The third-order valence-electron chi connectivity index (χ3n) is 4.59. The summed E-state index contributed by atoms with van der Waals surface area (Å²) in [6.07, 6.45) is 4.29. The molecule has 3 N–H and O–H groups in total. The molecule has 7 heteroatoms. The Morgan fingerprint density at radius 2 is 2.08 bits per heavy atom. The lowest BCUT2D eigenvalue weighted by Crippen LogP contribution is -2.53. The van der Waals surface area contributed by atoms with E-state index in [9.17, 15) is 5.21 Å². The average molecular weight is 408 g/mol. The van der Waals surface area contributed by atoms with E-state index < -0.39 is 0 Å². The van der Waals surface area contributed by atoms with Crippen LogP contribution in [-0.2, 0) is 0 Å². The van der Waals surface area contributed by atoms with E-state index in [0.29, 0.717) is 5.96 Å². The lowest BCUT2D eigenvalue weighted by molar-refractivity contribution is -0.221. The maximum Gasteiger partial charge on any atom is 0.211 e.